The fourth-order valence-electron chi connectivity index (χ4n) is 10.1. The first-order chi connectivity index (χ1) is 32.7. The number of nitrogens with zero attached hydrogens (tertiary/aromatic N) is 5. The lowest BCUT2D eigenvalue weighted by molar-refractivity contribution is -0.132. The van der Waals surface area contributed by atoms with Crippen LogP contribution in [-0.2, 0) is 46.4 Å². The van der Waals surface area contributed by atoms with E-state index in [1.165, 1.54) is 40.6 Å². The third kappa shape index (κ3) is 11.8. The Labute approximate surface area is 401 Å². The number of hydrogen-bond acceptors (Lipinski definition) is 5. The summed E-state index contributed by atoms with van der Waals surface area (Å²) in [7, 11) is 0. The summed E-state index contributed by atoms with van der Waals surface area (Å²) in [5, 5.41) is 3.25. The van der Waals surface area contributed by atoms with Crippen LogP contribution < -0.4 is 5.32 Å². The molecule has 2 saturated heterocycles. The lowest BCUT2D eigenvalue weighted by Crippen LogP contribution is -2.47. The minimum atomic E-state index is -0.270. The second-order valence-electron chi connectivity index (χ2n) is 18.2. The van der Waals surface area contributed by atoms with Crippen LogP contribution in [0.2, 0.25) is 0 Å². The van der Waals surface area contributed by atoms with Gasteiger partial charge in [0.15, 0.2) is 0 Å². The number of aromatic nitrogens is 4. The minimum Gasteiger partial charge on any atom is -0.343 e. The van der Waals surface area contributed by atoms with Crippen LogP contribution in [0.15, 0.2) is 170 Å². The molecule has 6 aromatic carbocycles. The summed E-state index contributed by atoms with van der Waals surface area (Å²) in [5.41, 5.74) is 9.97. The van der Waals surface area contributed by atoms with Crippen molar-refractivity contribution in [2.45, 2.75) is 89.1 Å². The van der Waals surface area contributed by atoms with E-state index in [4.69, 9.17) is 21.6 Å². The van der Waals surface area contributed by atoms with Gasteiger partial charge in [-0.3, -0.25) is 9.59 Å². The van der Waals surface area contributed by atoms with E-state index < -0.39 is 0 Å². The fourth-order valence-corrected chi connectivity index (χ4v) is 10.2. The number of hydrogen-bond donors (Lipinski definition) is 1. The van der Waals surface area contributed by atoms with E-state index in [0.29, 0.717) is 12.8 Å². The highest BCUT2D eigenvalue weighted by Crippen LogP contribution is 2.39. The molecule has 67 heavy (non-hydrogen) atoms. The number of para-hydroxylation sites is 4. The number of fused-ring (bicyclic) bond motifs is 2. The predicted molar refractivity (Wildman–Crippen MR) is 273 cm³/mol. The maximum absolute atomic E-state index is 13.0. The van der Waals surface area contributed by atoms with Crippen molar-refractivity contribution in [1.29, 1.82) is 0 Å². The Morgan fingerprint density at radius 3 is 1.36 bits per heavy atom. The zero-order valence-corrected chi connectivity index (χ0v) is 39.8. The number of nitrogens with one attached hydrogen (secondary N) is 1. The second-order valence-corrected chi connectivity index (χ2v) is 18.6. The smallest absolute Gasteiger partial charge is 0.222 e. The number of likely N-dealkylation sites (tertiary alicyclic amines) is 1. The number of benzene rings is 6. The van der Waals surface area contributed by atoms with Crippen molar-refractivity contribution in [2.24, 2.45) is 0 Å². The van der Waals surface area contributed by atoms with Gasteiger partial charge in [-0.25, -0.2) is 9.97 Å². The molecule has 2 aliphatic rings. The Hall–Kier alpha value is -6.35. The van der Waals surface area contributed by atoms with Crippen molar-refractivity contribution >= 4 is 44.8 Å². The molecule has 344 valence electrons. The first-order valence-corrected chi connectivity index (χ1v) is 24.3. The monoisotopic (exact) mass is 910 g/mol. The molecule has 10 rings (SSSR count). The number of amides is 1. The first-order valence-electron chi connectivity index (χ1n) is 23.9. The summed E-state index contributed by atoms with van der Waals surface area (Å²) in [5.74, 6) is 2.43. The summed E-state index contributed by atoms with van der Waals surface area (Å²) >= 11 is 5.19. The second kappa shape index (κ2) is 22.4. The van der Waals surface area contributed by atoms with E-state index in [1.807, 2.05) is 54.6 Å². The van der Waals surface area contributed by atoms with E-state index >= 15 is 0 Å². The molecule has 9 heteroatoms. The van der Waals surface area contributed by atoms with Gasteiger partial charge < -0.3 is 19.4 Å². The van der Waals surface area contributed by atoms with E-state index in [-0.39, 0.29) is 22.0 Å². The molecule has 8 aromatic rings. The summed E-state index contributed by atoms with van der Waals surface area (Å²) < 4.78 is 4.78. The van der Waals surface area contributed by atoms with E-state index in [2.05, 4.69) is 148 Å². The molecule has 1 N–H and O–H groups in total. The third-order valence-electron chi connectivity index (χ3n) is 13.9. The molecule has 0 unspecified atom stereocenters. The highest BCUT2D eigenvalue weighted by atomic mass is 35.5. The topological polar surface area (TPSA) is 85.1 Å². The molecular weight excluding hydrogens is 848 g/mol. The largest absolute Gasteiger partial charge is 0.343 e. The average Bonchev–Trinajstić information content (AvgIpc) is 3.87. The van der Waals surface area contributed by atoms with Gasteiger partial charge in [0.2, 0.25) is 11.1 Å². The SMILES string of the molecule is Cc1nc2ccccc2n1CC1(c2ccccc2)CCN(C(=O)CCc2ccccc2)CC1.Cc1nc2ccccc2n1CC1(c2ccccc2)CCNCC1.O=C(Cl)CCc1ccccc1. The molecule has 1 amide bonds. The first kappa shape index (κ1) is 47.2. The Kier molecular flexibility index (Phi) is 15.8. The molecule has 2 fully saturated rings. The number of rotatable bonds is 12. The van der Waals surface area contributed by atoms with Crippen molar-refractivity contribution < 1.29 is 9.59 Å². The van der Waals surface area contributed by atoms with E-state index in [9.17, 15) is 9.59 Å². The summed E-state index contributed by atoms with van der Waals surface area (Å²) in [6.45, 7) is 9.88. The number of piperidine rings is 2. The number of halogens is 1. The lowest BCUT2D eigenvalue weighted by Gasteiger charge is -2.43. The quantitative estimate of drug-likeness (QED) is 0.123. The van der Waals surface area contributed by atoms with Crippen LogP contribution in [0.3, 0.4) is 0 Å². The maximum Gasteiger partial charge on any atom is 0.222 e. The van der Waals surface area contributed by atoms with Gasteiger partial charge in [0.1, 0.15) is 11.6 Å². The van der Waals surface area contributed by atoms with Gasteiger partial charge in [0.05, 0.1) is 22.1 Å². The molecule has 0 saturated carbocycles. The Morgan fingerprint density at radius 2 is 0.910 bits per heavy atom. The molecule has 0 spiro atoms. The van der Waals surface area contributed by atoms with Crippen LogP contribution in [0.25, 0.3) is 22.1 Å². The van der Waals surface area contributed by atoms with Gasteiger partial charge in [0, 0.05) is 49.9 Å². The molecule has 0 aliphatic carbocycles. The van der Waals surface area contributed by atoms with Gasteiger partial charge in [-0.2, -0.15) is 0 Å². The highest BCUT2D eigenvalue weighted by molar-refractivity contribution is 6.63. The Morgan fingerprint density at radius 1 is 0.522 bits per heavy atom. The maximum atomic E-state index is 13.0. The number of carbonyl (C=O) groups excluding carboxylic acids is 2. The van der Waals surface area contributed by atoms with Crippen molar-refractivity contribution in [1.82, 2.24) is 29.3 Å². The summed E-state index contributed by atoms with van der Waals surface area (Å²) in [6, 6.07) is 58.8. The van der Waals surface area contributed by atoms with Crippen molar-refractivity contribution in [3.05, 3.63) is 204 Å². The zero-order chi connectivity index (χ0) is 46.5. The molecule has 4 heterocycles. The standard InChI is InChI=1S/C29H31N3O.C20H23N3.C9H9ClO/c1-23-30-26-14-8-9-15-27(26)32(23)22-29(25-12-6-3-7-13-25)18-20-31(21-19-29)28(33)17-16-24-10-4-2-5-11-24;1-16-22-18-9-5-6-10-19(18)23(16)15-20(11-13-21-14-12-20)17-7-3-2-4-8-17;10-9(11)7-6-8-4-2-1-3-5-8/h2-15H,16-22H2,1H3;2-10,21H,11-15H2,1H3;1-5H,6-7H2. The van der Waals surface area contributed by atoms with Gasteiger partial charge in [-0.05, 0) is 124 Å². The van der Waals surface area contributed by atoms with Gasteiger partial charge >= 0.3 is 0 Å². The number of aryl methyl sites for hydroxylation is 4. The molecule has 2 aliphatic heterocycles. The number of carbonyl (C=O) groups is 2. The zero-order valence-electron chi connectivity index (χ0n) is 39.0. The Balaban J connectivity index is 0.000000154. The normalized spacial score (nSPS) is 15.2. The van der Waals surface area contributed by atoms with Crippen LogP contribution in [0.5, 0.6) is 0 Å². The van der Waals surface area contributed by atoms with Crippen LogP contribution in [-0.4, -0.2) is 61.3 Å². The molecule has 2 aromatic heterocycles. The highest BCUT2D eigenvalue weighted by Gasteiger charge is 2.39. The predicted octanol–water partition coefficient (Wildman–Crippen LogP) is 11.6. The van der Waals surface area contributed by atoms with Crippen LogP contribution in [0, 0.1) is 13.8 Å². The molecule has 0 atom stereocenters. The van der Waals surface area contributed by atoms with Crippen LogP contribution >= 0.6 is 11.6 Å². The van der Waals surface area contributed by atoms with Gasteiger partial charge in [0.25, 0.3) is 0 Å². The summed E-state index contributed by atoms with van der Waals surface area (Å²) in [6.07, 6.45) is 6.80. The van der Waals surface area contributed by atoms with Crippen molar-refractivity contribution in [3.63, 3.8) is 0 Å². The minimum absolute atomic E-state index is 0.00823. The van der Waals surface area contributed by atoms with Crippen molar-refractivity contribution in [3.8, 4) is 0 Å². The van der Waals surface area contributed by atoms with E-state index in [0.717, 1.165) is 93.2 Å². The Bertz CT molecular complexity index is 2810. The molecule has 0 radical (unpaired) electrons. The molecule has 0 bridgehead atoms. The summed E-state index contributed by atoms with van der Waals surface area (Å²) in [4.78, 5) is 35.0. The van der Waals surface area contributed by atoms with Crippen LogP contribution in [0.4, 0.5) is 0 Å². The van der Waals surface area contributed by atoms with E-state index in [1.54, 1.807) is 0 Å². The number of imidazole rings is 2. The van der Waals surface area contributed by atoms with Gasteiger partial charge in [-0.15, -0.1) is 0 Å². The van der Waals surface area contributed by atoms with Crippen molar-refractivity contribution in [2.75, 3.05) is 26.2 Å². The molecule has 8 nitrogen and oxygen atoms in total. The molecular formula is C58H63ClN6O2. The third-order valence-corrected chi connectivity index (χ3v) is 14.1. The van der Waals surface area contributed by atoms with Gasteiger partial charge in [-0.1, -0.05) is 146 Å². The average molecular weight is 912 g/mol. The fraction of sp³-hybridized carbons (Fsp3) is 0.310. The lowest BCUT2D eigenvalue weighted by atomic mass is 9.72. The van der Waals surface area contributed by atoms with Crippen LogP contribution in [0.1, 0.15) is 72.4 Å².